The van der Waals surface area contributed by atoms with Crippen molar-refractivity contribution in [2.75, 3.05) is 31.8 Å². The van der Waals surface area contributed by atoms with Crippen LogP contribution in [0.25, 0.3) is 0 Å². The Hall–Kier alpha value is -0.630. The molecule has 0 saturated carbocycles. The van der Waals surface area contributed by atoms with Crippen molar-refractivity contribution in [2.45, 2.75) is 105 Å². The van der Waals surface area contributed by atoms with E-state index in [0.29, 0.717) is 19.3 Å². The first-order valence-electron chi connectivity index (χ1n) is 11.7. The molecule has 0 aromatic heterocycles. The Morgan fingerprint density at radius 3 is 1.32 bits per heavy atom. The van der Waals surface area contributed by atoms with Gasteiger partial charge < -0.3 is 9.84 Å². The molecule has 0 fully saturated rings. The van der Waals surface area contributed by atoms with Crippen LogP contribution in [0.1, 0.15) is 105 Å². The van der Waals surface area contributed by atoms with E-state index < -0.39 is 13.2 Å². The Bertz CT molecular complexity index is 334. The maximum Gasteiger partial charge on any atom is 0.305 e. The van der Waals surface area contributed by atoms with Crippen molar-refractivity contribution >= 4 is 19.2 Å². The molecule has 0 aliphatic heterocycles. The molecule has 1 N–H and O–H groups in total. The second-order valence-corrected chi connectivity index (χ2v) is 13.1. The number of esters is 1. The summed E-state index contributed by atoms with van der Waals surface area (Å²) in [7, 11) is 0.440. The maximum absolute atomic E-state index is 10.5. The molecule has 0 aliphatic rings. The third-order valence-electron chi connectivity index (χ3n) is 5.49. The molecular weight excluding hydrogens is 371 g/mol. The molecule has 0 aliphatic carbocycles. The summed E-state index contributed by atoms with van der Waals surface area (Å²) in [5, 5.41) is 8.22. The summed E-state index contributed by atoms with van der Waals surface area (Å²) in [4.78, 5) is 20.5. The van der Waals surface area contributed by atoms with Gasteiger partial charge in [-0.2, -0.15) is 0 Å². The van der Waals surface area contributed by atoms with Crippen molar-refractivity contribution < 1.29 is 19.4 Å². The van der Waals surface area contributed by atoms with E-state index in [1.807, 2.05) is 0 Å². The standard InChI is InChI=1S/C16H37P.C7H12O4/c1-5-9-13-17(14-10-6-2,15-11-7-3)16-12-8-4;1-11-7(10)5-3-2-4-6(8)9/h17H,5-16H2,1-4H3;2-5H2,1H3,(H,8,9). The molecule has 4 nitrogen and oxygen atoms in total. The predicted molar refractivity (Wildman–Crippen MR) is 126 cm³/mol. The van der Waals surface area contributed by atoms with Crippen molar-refractivity contribution in [1.82, 2.24) is 0 Å². The molecule has 0 aromatic rings. The minimum absolute atomic E-state index is 0.122. The van der Waals surface area contributed by atoms with Gasteiger partial charge in [-0.1, -0.05) is 0 Å². The van der Waals surface area contributed by atoms with Gasteiger partial charge in [0.15, 0.2) is 0 Å². The van der Waals surface area contributed by atoms with E-state index in [1.165, 1.54) is 58.5 Å². The second-order valence-electron chi connectivity index (χ2n) is 8.09. The van der Waals surface area contributed by atoms with Gasteiger partial charge in [-0.15, -0.1) is 0 Å². The molecule has 0 rings (SSSR count). The fourth-order valence-corrected chi connectivity index (χ4v) is 9.52. The van der Waals surface area contributed by atoms with Crippen LogP contribution in [-0.2, 0) is 14.3 Å². The first-order chi connectivity index (χ1) is 13.4. The number of hydrogen-bond acceptors (Lipinski definition) is 3. The predicted octanol–water partition coefficient (Wildman–Crippen LogP) is 6.74. The zero-order valence-electron chi connectivity index (χ0n) is 19.5. The Kier molecular flexibility index (Phi) is 22.3. The fourth-order valence-electron chi connectivity index (χ4n) is 3.60. The van der Waals surface area contributed by atoms with Gasteiger partial charge in [0.05, 0.1) is 7.11 Å². The summed E-state index contributed by atoms with van der Waals surface area (Å²) in [5.74, 6) is -1.11. The molecule has 0 amide bonds. The van der Waals surface area contributed by atoms with E-state index in [1.54, 1.807) is 24.6 Å². The molecule has 0 unspecified atom stereocenters. The SMILES string of the molecule is CCCC[PH](CCCC)(CCCC)CCCC.COC(=O)CCCCC(=O)O. The van der Waals surface area contributed by atoms with Crippen LogP contribution in [0.15, 0.2) is 0 Å². The van der Waals surface area contributed by atoms with E-state index in [4.69, 9.17) is 5.11 Å². The van der Waals surface area contributed by atoms with Crippen LogP contribution in [0.4, 0.5) is 0 Å². The summed E-state index contributed by atoms with van der Waals surface area (Å²) in [6.07, 6.45) is 19.7. The largest absolute Gasteiger partial charge is 0.481 e. The summed E-state index contributed by atoms with van der Waals surface area (Å²) < 4.78 is 4.37. The van der Waals surface area contributed by atoms with E-state index in [9.17, 15) is 9.59 Å². The minimum Gasteiger partial charge on any atom is -0.481 e. The van der Waals surface area contributed by atoms with Gasteiger partial charge >= 0.3 is 123 Å². The topological polar surface area (TPSA) is 63.6 Å². The van der Waals surface area contributed by atoms with E-state index in [-0.39, 0.29) is 12.4 Å². The number of ether oxygens (including phenoxy) is 1. The van der Waals surface area contributed by atoms with Gasteiger partial charge in [-0.05, 0) is 12.8 Å². The Morgan fingerprint density at radius 1 is 0.679 bits per heavy atom. The van der Waals surface area contributed by atoms with Crippen LogP contribution in [0.2, 0.25) is 0 Å². The Morgan fingerprint density at radius 2 is 1.04 bits per heavy atom. The van der Waals surface area contributed by atoms with Gasteiger partial charge in [0.25, 0.3) is 0 Å². The Balaban J connectivity index is 0. The zero-order chi connectivity index (χ0) is 21.7. The summed E-state index contributed by atoms with van der Waals surface area (Å²) in [5.41, 5.74) is 0. The molecule has 0 radical (unpaired) electrons. The molecular formula is C23H49O4P. The van der Waals surface area contributed by atoms with Crippen LogP contribution in [0, 0.1) is 0 Å². The third-order valence-corrected chi connectivity index (χ3v) is 11.1. The van der Waals surface area contributed by atoms with Gasteiger partial charge in [0, 0.05) is 12.8 Å². The quantitative estimate of drug-likeness (QED) is 0.161. The summed E-state index contributed by atoms with van der Waals surface area (Å²) in [6.45, 7) is 9.44. The van der Waals surface area contributed by atoms with Crippen LogP contribution >= 0.6 is 7.26 Å². The summed E-state index contributed by atoms with van der Waals surface area (Å²) in [6, 6.07) is 0. The second kappa shape index (κ2) is 21.1. The number of unbranched alkanes of at least 4 members (excludes halogenated alkanes) is 5. The van der Waals surface area contributed by atoms with Crippen LogP contribution < -0.4 is 0 Å². The number of carbonyl (C=O) groups is 2. The monoisotopic (exact) mass is 420 g/mol. The van der Waals surface area contributed by atoms with E-state index >= 15 is 0 Å². The third kappa shape index (κ3) is 18.7. The van der Waals surface area contributed by atoms with E-state index in [0.717, 1.165) is 0 Å². The van der Waals surface area contributed by atoms with Crippen molar-refractivity contribution in [3.8, 4) is 0 Å². The average molecular weight is 421 g/mol. The van der Waals surface area contributed by atoms with Crippen molar-refractivity contribution in [3.63, 3.8) is 0 Å². The average Bonchev–Trinajstić information content (AvgIpc) is 2.70. The molecule has 28 heavy (non-hydrogen) atoms. The van der Waals surface area contributed by atoms with Gasteiger partial charge in [0.2, 0.25) is 0 Å². The molecule has 0 heterocycles. The summed E-state index contributed by atoms with van der Waals surface area (Å²) >= 11 is 0. The zero-order valence-corrected chi connectivity index (χ0v) is 20.5. The number of hydrogen-bond donors (Lipinski definition) is 1. The van der Waals surface area contributed by atoms with E-state index in [2.05, 4.69) is 32.4 Å². The number of carboxylic acid groups (broad SMARTS) is 1. The molecule has 5 heteroatoms. The molecule has 0 aromatic carbocycles. The van der Waals surface area contributed by atoms with Crippen molar-refractivity contribution in [2.24, 2.45) is 0 Å². The smallest absolute Gasteiger partial charge is 0.305 e. The molecule has 170 valence electrons. The first kappa shape index (κ1) is 29.6. The minimum atomic E-state index is -0.879. The Labute approximate surface area is 175 Å². The first-order valence-corrected chi connectivity index (χ1v) is 14.5. The number of rotatable bonds is 17. The van der Waals surface area contributed by atoms with Gasteiger partial charge in [-0.25, -0.2) is 0 Å². The fraction of sp³-hybridized carbons (Fsp3) is 0.913. The van der Waals surface area contributed by atoms with Crippen LogP contribution in [0.5, 0.6) is 0 Å². The normalized spacial score (nSPS) is 11.5. The van der Waals surface area contributed by atoms with Gasteiger partial charge in [0.1, 0.15) is 0 Å². The van der Waals surface area contributed by atoms with Crippen molar-refractivity contribution in [3.05, 3.63) is 0 Å². The number of carboxylic acids is 1. The van der Waals surface area contributed by atoms with Crippen LogP contribution in [-0.4, -0.2) is 48.8 Å². The van der Waals surface area contributed by atoms with Crippen LogP contribution in [0.3, 0.4) is 0 Å². The van der Waals surface area contributed by atoms with Gasteiger partial charge in [-0.3, -0.25) is 9.59 Å². The number of carbonyl (C=O) groups excluding carboxylic acids is 1. The van der Waals surface area contributed by atoms with Crippen molar-refractivity contribution in [1.29, 1.82) is 0 Å². The maximum atomic E-state index is 10.5. The molecule has 0 atom stereocenters. The molecule has 0 bridgehead atoms. The number of aliphatic carboxylic acids is 1. The molecule has 0 spiro atoms. The number of methoxy groups -OCH3 is 1. The molecule has 0 saturated heterocycles.